The molecule has 0 aliphatic carbocycles. The first-order valence-electron chi connectivity index (χ1n) is 9.88. The number of aromatic nitrogens is 3. The molecule has 1 unspecified atom stereocenters. The first kappa shape index (κ1) is 20.8. The molecule has 2 heterocycles. The molecule has 0 fully saturated rings. The Labute approximate surface area is 171 Å². The molecule has 0 amide bonds. The number of benzene rings is 1. The van der Waals surface area contributed by atoms with Crippen molar-refractivity contribution in [2.24, 2.45) is 4.99 Å². The molecule has 0 saturated carbocycles. The third-order valence-corrected chi connectivity index (χ3v) is 4.94. The lowest BCUT2D eigenvalue weighted by Gasteiger charge is -2.25. The van der Waals surface area contributed by atoms with Crippen LogP contribution < -0.4 is 24.8 Å². The van der Waals surface area contributed by atoms with E-state index in [1.54, 1.807) is 27.7 Å². The van der Waals surface area contributed by atoms with Crippen LogP contribution in [0.15, 0.2) is 23.5 Å². The standard InChI is InChI=1S/C20H30N6O3/c1-5-21-20(25-14-6-7-19-23-13-24-26(19)12-14)22-9-8-16-17(28-3)10-15(27-2)11-18(16)29-4/h10-11,13-14H,5-9,12H2,1-4H3,(H2,21,22,25). The van der Waals surface area contributed by atoms with Gasteiger partial charge in [0.2, 0.25) is 0 Å². The van der Waals surface area contributed by atoms with Gasteiger partial charge in [-0.2, -0.15) is 5.10 Å². The number of aliphatic imine (C=N–C) groups is 1. The Hall–Kier alpha value is -2.97. The number of ether oxygens (including phenoxy) is 3. The van der Waals surface area contributed by atoms with Crippen molar-refractivity contribution in [2.75, 3.05) is 34.4 Å². The minimum absolute atomic E-state index is 0.270. The summed E-state index contributed by atoms with van der Waals surface area (Å²) in [7, 11) is 4.92. The van der Waals surface area contributed by atoms with Crippen molar-refractivity contribution in [3.05, 3.63) is 29.8 Å². The number of guanidine groups is 1. The SMILES string of the molecule is CCNC(=NCCc1c(OC)cc(OC)cc1OC)NC1CCc2ncnn2C1. The van der Waals surface area contributed by atoms with E-state index in [0.717, 1.165) is 54.8 Å². The van der Waals surface area contributed by atoms with E-state index >= 15 is 0 Å². The summed E-state index contributed by atoms with van der Waals surface area (Å²) < 4.78 is 18.3. The molecule has 1 atom stereocenters. The van der Waals surface area contributed by atoms with Crippen LogP contribution >= 0.6 is 0 Å². The molecule has 1 aliphatic heterocycles. The fraction of sp³-hybridized carbons (Fsp3) is 0.550. The van der Waals surface area contributed by atoms with Crippen LogP contribution in [0.1, 0.15) is 24.7 Å². The quantitative estimate of drug-likeness (QED) is 0.509. The van der Waals surface area contributed by atoms with Gasteiger partial charge in [0, 0.05) is 43.2 Å². The van der Waals surface area contributed by atoms with E-state index in [9.17, 15) is 0 Å². The average molecular weight is 402 g/mol. The van der Waals surface area contributed by atoms with Gasteiger partial charge >= 0.3 is 0 Å². The number of methoxy groups -OCH3 is 3. The summed E-state index contributed by atoms with van der Waals surface area (Å²) >= 11 is 0. The van der Waals surface area contributed by atoms with E-state index in [-0.39, 0.29) is 6.04 Å². The summed E-state index contributed by atoms with van der Waals surface area (Å²) in [6.45, 7) is 4.24. The normalized spacial score (nSPS) is 16.1. The molecule has 29 heavy (non-hydrogen) atoms. The summed E-state index contributed by atoms with van der Waals surface area (Å²) in [5.41, 5.74) is 0.973. The zero-order valence-corrected chi connectivity index (χ0v) is 17.6. The number of nitrogens with zero attached hydrogens (tertiary/aromatic N) is 4. The average Bonchev–Trinajstić information content (AvgIpc) is 3.21. The molecule has 158 valence electrons. The third kappa shape index (κ3) is 5.10. The fourth-order valence-electron chi connectivity index (χ4n) is 3.47. The van der Waals surface area contributed by atoms with E-state index in [2.05, 4.69) is 27.6 Å². The Kier molecular flexibility index (Phi) is 7.15. The van der Waals surface area contributed by atoms with Crippen molar-refractivity contribution in [1.29, 1.82) is 0 Å². The van der Waals surface area contributed by atoms with Crippen LogP contribution in [0.5, 0.6) is 17.2 Å². The van der Waals surface area contributed by atoms with Gasteiger partial charge in [-0.25, -0.2) is 9.67 Å². The van der Waals surface area contributed by atoms with Gasteiger partial charge in [0.25, 0.3) is 0 Å². The number of fused-ring (bicyclic) bond motifs is 1. The minimum atomic E-state index is 0.270. The van der Waals surface area contributed by atoms with Crippen LogP contribution in [-0.2, 0) is 19.4 Å². The van der Waals surface area contributed by atoms with Crippen LogP contribution in [0.4, 0.5) is 0 Å². The molecule has 9 nitrogen and oxygen atoms in total. The molecule has 1 aliphatic rings. The predicted octanol–water partition coefficient (Wildman–Crippen LogP) is 1.42. The van der Waals surface area contributed by atoms with E-state index < -0.39 is 0 Å². The summed E-state index contributed by atoms with van der Waals surface area (Å²) in [5, 5.41) is 11.1. The molecule has 3 rings (SSSR count). The monoisotopic (exact) mass is 402 g/mol. The van der Waals surface area contributed by atoms with Crippen LogP contribution in [-0.4, -0.2) is 61.2 Å². The predicted molar refractivity (Wildman–Crippen MR) is 111 cm³/mol. The lowest BCUT2D eigenvalue weighted by atomic mass is 10.1. The second kappa shape index (κ2) is 9.99. The van der Waals surface area contributed by atoms with Gasteiger partial charge in [0.15, 0.2) is 5.96 Å². The highest BCUT2D eigenvalue weighted by Crippen LogP contribution is 2.34. The molecule has 2 aromatic rings. The molecular weight excluding hydrogens is 372 g/mol. The molecule has 9 heteroatoms. The summed E-state index contributed by atoms with van der Waals surface area (Å²) in [6, 6.07) is 4.00. The highest BCUT2D eigenvalue weighted by atomic mass is 16.5. The number of nitrogens with one attached hydrogen (secondary N) is 2. The zero-order valence-electron chi connectivity index (χ0n) is 17.6. The van der Waals surface area contributed by atoms with Gasteiger partial charge in [-0.15, -0.1) is 0 Å². The van der Waals surface area contributed by atoms with Gasteiger partial charge in [-0.1, -0.05) is 0 Å². The maximum Gasteiger partial charge on any atom is 0.191 e. The Balaban J connectivity index is 1.67. The van der Waals surface area contributed by atoms with Crippen molar-refractivity contribution >= 4 is 5.96 Å². The Morgan fingerprint density at radius 3 is 2.62 bits per heavy atom. The molecule has 2 N–H and O–H groups in total. The zero-order chi connectivity index (χ0) is 20.6. The van der Waals surface area contributed by atoms with Crippen LogP contribution in [0.25, 0.3) is 0 Å². The van der Waals surface area contributed by atoms with Crippen molar-refractivity contribution in [3.63, 3.8) is 0 Å². The molecule has 0 bridgehead atoms. The topological polar surface area (TPSA) is 94.8 Å². The van der Waals surface area contributed by atoms with Gasteiger partial charge in [0.05, 0.1) is 27.9 Å². The van der Waals surface area contributed by atoms with E-state index in [0.29, 0.717) is 18.7 Å². The largest absolute Gasteiger partial charge is 0.496 e. The van der Waals surface area contributed by atoms with Crippen LogP contribution in [0.3, 0.4) is 0 Å². The molecule has 0 spiro atoms. The van der Waals surface area contributed by atoms with Crippen molar-refractivity contribution in [1.82, 2.24) is 25.4 Å². The highest BCUT2D eigenvalue weighted by Gasteiger charge is 2.20. The van der Waals surface area contributed by atoms with Gasteiger partial charge in [0.1, 0.15) is 29.4 Å². The van der Waals surface area contributed by atoms with Gasteiger partial charge in [-0.05, 0) is 19.8 Å². The molecule has 0 radical (unpaired) electrons. The Bertz CT molecular complexity index is 810. The smallest absolute Gasteiger partial charge is 0.191 e. The van der Waals surface area contributed by atoms with Crippen molar-refractivity contribution in [3.8, 4) is 17.2 Å². The maximum absolute atomic E-state index is 5.53. The van der Waals surface area contributed by atoms with E-state index in [4.69, 9.17) is 19.2 Å². The number of aryl methyl sites for hydroxylation is 1. The van der Waals surface area contributed by atoms with E-state index in [1.165, 1.54) is 0 Å². The number of hydrogen-bond donors (Lipinski definition) is 2. The first-order chi connectivity index (χ1) is 14.2. The Morgan fingerprint density at radius 1 is 1.21 bits per heavy atom. The van der Waals surface area contributed by atoms with Gasteiger partial charge in [-0.3, -0.25) is 4.99 Å². The van der Waals surface area contributed by atoms with Gasteiger partial charge < -0.3 is 24.8 Å². The fourth-order valence-corrected chi connectivity index (χ4v) is 3.47. The lowest BCUT2D eigenvalue weighted by Crippen LogP contribution is -2.47. The number of rotatable bonds is 8. The molecule has 0 saturated heterocycles. The van der Waals surface area contributed by atoms with E-state index in [1.807, 2.05) is 16.8 Å². The van der Waals surface area contributed by atoms with Crippen molar-refractivity contribution < 1.29 is 14.2 Å². The minimum Gasteiger partial charge on any atom is -0.496 e. The van der Waals surface area contributed by atoms with Crippen molar-refractivity contribution in [2.45, 2.75) is 38.8 Å². The third-order valence-electron chi connectivity index (χ3n) is 4.94. The Morgan fingerprint density at radius 2 is 1.97 bits per heavy atom. The second-order valence-electron chi connectivity index (χ2n) is 6.76. The van der Waals surface area contributed by atoms with Crippen LogP contribution in [0.2, 0.25) is 0 Å². The summed E-state index contributed by atoms with van der Waals surface area (Å²) in [4.78, 5) is 9.03. The van der Waals surface area contributed by atoms with Crippen LogP contribution in [0, 0.1) is 0 Å². The number of hydrogen-bond acceptors (Lipinski definition) is 6. The second-order valence-corrected chi connectivity index (χ2v) is 6.76. The first-order valence-corrected chi connectivity index (χ1v) is 9.88. The maximum atomic E-state index is 5.53. The summed E-state index contributed by atoms with van der Waals surface area (Å²) in [6.07, 6.45) is 4.22. The lowest BCUT2D eigenvalue weighted by molar-refractivity contribution is 0.369. The molecular formula is C20H30N6O3. The summed E-state index contributed by atoms with van der Waals surface area (Å²) in [5.74, 6) is 4.02. The molecule has 1 aromatic heterocycles. The highest BCUT2D eigenvalue weighted by molar-refractivity contribution is 5.80. The molecule has 1 aromatic carbocycles.